The molecular weight excluding hydrogens is 286 g/mol. The quantitative estimate of drug-likeness (QED) is 0.744. The molecule has 1 saturated carbocycles. The van der Waals surface area contributed by atoms with Crippen LogP contribution in [0, 0.1) is 13.8 Å². The van der Waals surface area contributed by atoms with Crippen LogP contribution in [0.2, 0.25) is 0 Å². The van der Waals surface area contributed by atoms with Gasteiger partial charge in [0.2, 0.25) is 0 Å². The number of furan rings is 1. The number of nitrogens with zero attached hydrogens (tertiary/aromatic N) is 2. The van der Waals surface area contributed by atoms with Crippen LogP contribution >= 0.6 is 0 Å². The third kappa shape index (κ3) is 2.74. The Hall–Kier alpha value is -2.23. The number of rotatable bonds is 3. The highest BCUT2D eigenvalue weighted by Crippen LogP contribution is 2.32. The lowest BCUT2D eigenvalue weighted by molar-refractivity contribution is 0.461. The summed E-state index contributed by atoms with van der Waals surface area (Å²) < 4.78 is 8.01. The average Bonchev–Trinajstić information content (AvgIpc) is 3.13. The molecule has 0 bridgehead atoms. The van der Waals surface area contributed by atoms with E-state index in [2.05, 4.69) is 35.0 Å². The van der Waals surface area contributed by atoms with Crippen LogP contribution in [-0.4, -0.2) is 15.4 Å². The van der Waals surface area contributed by atoms with Crippen LogP contribution in [0.4, 0.5) is 5.82 Å². The number of nitrogens with one attached hydrogen (secondary N) is 1. The molecule has 0 aromatic carbocycles. The van der Waals surface area contributed by atoms with Crippen molar-refractivity contribution in [3.8, 4) is 11.5 Å². The maximum Gasteiger partial charge on any atom is 0.156 e. The largest absolute Gasteiger partial charge is 0.460 e. The maximum atomic E-state index is 5.84. The van der Waals surface area contributed by atoms with Gasteiger partial charge in [0.05, 0.1) is 0 Å². The highest BCUT2D eigenvalue weighted by molar-refractivity contribution is 5.74. The molecule has 0 amide bonds. The van der Waals surface area contributed by atoms with Gasteiger partial charge in [0.1, 0.15) is 22.9 Å². The molecular formula is C19H23N3O. The van der Waals surface area contributed by atoms with E-state index in [1.807, 2.05) is 19.1 Å². The molecule has 3 aromatic heterocycles. The molecule has 3 heterocycles. The lowest BCUT2D eigenvalue weighted by Gasteiger charge is -2.24. The molecule has 0 atom stereocenters. The first-order valence-corrected chi connectivity index (χ1v) is 8.53. The van der Waals surface area contributed by atoms with Crippen molar-refractivity contribution in [1.82, 2.24) is 9.38 Å². The summed E-state index contributed by atoms with van der Waals surface area (Å²) in [4.78, 5) is 4.81. The minimum atomic E-state index is 0.527. The van der Waals surface area contributed by atoms with Crippen LogP contribution in [0.3, 0.4) is 0 Å². The Morgan fingerprint density at radius 1 is 1.09 bits per heavy atom. The molecule has 0 radical (unpaired) electrons. The predicted octanol–water partition coefficient (Wildman–Crippen LogP) is 4.96. The van der Waals surface area contributed by atoms with Crippen LogP contribution < -0.4 is 5.32 Å². The fourth-order valence-corrected chi connectivity index (χ4v) is 3.46. The topological polar surface area (TPSA) is 42.5 Å². The molecule has 4 nitrogen and oxygen atoms in total. The first-order valence-electron chi connectivity index (χ1n) is 8.53. The highest BCUT2D eigenvalue weighted by Gasteiger charge is 2.21. The fourth-order valence-electron chi connectivity index (χ4n) is 3.46. The Labute approximate surface area is 136 Å². The highest BCUT2D eigenvalue weighted by atomic mass is 16.3. The minimum absolute atomic E-state index is 0.527. The van der Waals surface area contributed by atoms with Crippen molar-refractivity contribution in [2.75, 3.05) is 5.32 Å². The van der Waals surface area contributed by atoms with Gasteiger partial charge in [-0.25, -0.2) is 4.98 Å². The minimum Gasteiger partial charge on any atom is -0.460 e. The fraction of sp³-hybridized carbons (Fsp3) is 0.421. The van der Waals surface area contributed by atoms with Gasteiger partial charge in [-0.1, -0.05) is 25.3 Å². The molecule has 0 aliphatic heterocycles. The van der Waals surface area contributed by atoms with Gasteiger partial charge in [-0.05, 0) is 50.5 Å². The van der Waals surface area contributed by atoms with Gasteiger partial charge < -0.3 is 9.73 Å². The van der Waals surface area contributed by atoms with Crippen molar-refractivity contribution in [3.05, 3.63) is 41.8 Å². The zero-order chi connectivity index (χ0) is 15.8. The summed E-state index contributed by atoms with van der Waals surface area (Å²) >= 11 is 0. The van der Waals surface area contributed by atoms with E-state index in [1.165, 1.54) is 37.7 Å². The molecule has 0 saturated heterocycles. The van der Waals surface area contributed by atoms with Gasteiger partial charge in [0, 0.05) is 12.2 Å². The van der Waals surface area contributed by atoms with Gasteiger partial charge in [-0.3, -0.25) is 4.40 Å². The van der Waals surface area contributed by atoms with Crippen molar-refractivity contribution in [2.45, 2.75) is 52.0 Å². The summed E-state index contributed by atoms with van der Waals surface area (Å²) in [5.74, 6) is 2.81. The molecule has 23 heavy (non-hydrogen) atoms. The van der Waals surface area contributed by atoms with E-state index in [4.69, 9.17) is 9.40 Å². The third-order valence-corrected chi connectivity index (χ3v) is 4.69. The van der Waals surface area contributed by atoms with E-state index in [1.54, 1.807) is 0 Å². The lowest BCUT2D eigenvalue weighted by atomic mass is 9.95. The van der Waals surface area contributed by atoms with E-state index in [0.29, 0.717) is 6.04 Å². The molecule has 0 spiro atoms. The van der Waals surface area contributed by atoms with Gasteiger partial charge in [-0.15, -0.1) is 0 Å². The van der Waals surface area contributed by atoms with Crippen LogP contribution in [0.5, 0.6) is 0 Å². The van der Waals surface area contributed by atoms with Gasteiger partial charge in [0.25, 0.3) is 0 Å². The van der Waals surface area contributed by atoms with E-state index in [9.17, 15) is 0 Å². The number of aromatic nitrogens is 2. The van der Waals surface area contributed by atoms with Gasteiger partial charge >= 0.3 is 0 Å². The predicted molar refractivity (Wildman–Crippen MR) is 92.9 cm³/mol. The number of imidazole rings is 1. The second kappa shape index (κ2) is 5.76. The number of aryl methyl sites for hydroxylation is 2. The molecule has 4 heteroatoms. The van der Waals surface area contributed by atoms with Crippen molar-refractivity contribution < 1.29 is 4.42 Å². The molecule has 1 aliphatic rings. The van der Waals surface area contributed by atoms with Crippen molar-refractivity contribution in [2.24, 2.45) is 0 Å². The smallest absolute Gasteiger partial charge is 0.156 e. The molecule has 0 unspecified atom stereocenters. The maximum absolute atomic E-state index is 5.84. The molecule has 120 valence electrons. The molecule has 4 rings (SSSR count). The SMILES string of the molecule is Cc1ccc2nc(-c3ccc(C)o3)c(NC3CCCCC3)n2c1. The van der Waals surface area contributed by atoms with E-state index in [0.717, 1.165) is 28.7 Å². The first-order chi connectivity index (χ1) is 11.2. The number of pyridine rings is 1. The molecule has 3 aromatic rings. The van der Waals surface area contributed by atoms with Crippen molar-refractivity contribution >= 4 is 11.5 Å². The lowest BCUT2D eigenvalue weighted by Crippen LogP contribution is -2.23. The average molecular weight is 309 g/mol. The van der Waals surface area contributed by atoms with E-state index < -0.39 is 0 Å². The monoisotopic (exact) mass is 309 g/mol. The Morgan fingerprint density at radius 3 is 2.65 bits per heavy atom. The summed E-state index contributed by atoms with van der Waals surface area (Å²) in [6.07, 6.45) is 8.58. The Bertz CT molecular complexity index is 824. The van der Waals surface area contributed by atoms with Crippen LogP contribution in [0.15, 0.2) is 34.9 Å². The van der Waals surface area contributed by atoms with Gasteiger partial charge in [0.15, 0.2) is 5.76 Å². The first kappa shape index (κ1) is 14.4. The van der Waals surface area contributed by atoms with Gasteiger partial charge in [-0.2, -0.15) is 0 Å². The second-order valence-corrected chi connectivity index (χ2v) is 6.63. The number of hydrogen-bond acceptors (Lipinski definition) is 3. The van der Waals surface area contributed by atoms with Crippen molar-refractivity contribution in [1.29, 1.82) is 0 Å². The van der Waals surface area contributed by atoms with E-state index >= 15 is 0 Å². The van der Waals surface area contributed by atoms with Crippen LogP contribution in [-0.2, 0) is 0 Å². The second-order valence-electron chi connectivity index (χ2n) is 6.63. The zero-order valence-corrected chi connectivity index (χ0v) is 13.8. The molecule has 1 N–H and O–H groups in total. The molecule has 1 fully saturated rings. The summed E-state index contributed by atoms with van der Waals surface area (Å²) in [5.41, 5.74) is 3.09. The summed E-state index contributed by atoms with van der Waals surface area (Å²) in [6.45, 7) is 4.08. The Kier molecular flexibility index (Phi) is 3.60. The summed E-state index contributed by atoms with van der Waals surface area (Å²) in [5, 5.41) is 3.75. The van der Waals surface area contributed by atoms with E-state index in [-0.39, 0.29) is 0 Å². The number of anilines is 1. The van der Waals surface area contributed by atoms with Crippen LogP contribution in [0.25, 0.3) is 17.1 Å². The summed E-state index contributed by atoms with van der Waals surface area (Å²) in [6, 6.07) is 8.70. The zero-order valence-electron chi connectivity index (χ0n) is 13.8. The van der Waals surface area contributed by atoms with Crippen molar-refractivity contribution in [3.63, 3.8) is 0 Å². The molecule has 1 aliphatic carbocycles. The standard InChI is InChI=1S/C19H23N3O/c1-13-8-11-17-21-18(16-10-9-14(2)23-16)19(22(17)12-13)20-15-6-4-3-5-7-15/h8-12,15,20H,3-7H2,1-2H3. The number of fused-ring (bicyclic) bond motifs is 1. The summed E-state index contributed by atoms with van der Waals surface area (Å²) in [7, 11) is 0. The Morgan fingerprint density at radius 2 is 1.91 bits per heavy atom. The number of hydrogen-bond donors (Lipinski definition) is 1. The normalized spacial score (nSPS) is 16.1. The third-order valence-electron chi connectivity index (χ3n) is 4.69. The Balaban J connectivity index is 1.81. The van der Waals surface area contributed by atoms with Crippen LogP contribution in [0.1, 0.15) is 43.4 Å².